The zero-order valence-electron chi connectivity index (χ0n) is 11.3. The van der Waals surface area contributed by atoms with Gasteiger partial charge in [0.15, 0.2) is 0 Å². The van der Waals surface area contributed by atoms with Gasteiger partial charge in [-0.15, -0.1) is 0 Å². The van der Waals surface area contributed by atoms with Gasteiger partial charge in [-0.05, 0) is 37.5 Å². The summed E-state index contributed by atoms with van der Waals surface area (Å²) in [6.07, 6.45) is 3.73. The molecule has 0 aliphatic heterocycles. The molecule has 0 aromatic carbocycles. The van der Waals surface area contributed by atoms with Gasteiger partial charge in [0, 0.05) is 0 Å². The van der Waals surface area contributed by atoms with Crippen LogP contribution in [0, 0.1) is 0 Å². The van der Waals surface area contributed by atoms with Crippen LogP contribution in [0.25, 0.3) is 0 Å². The number of hydrogen-bond donors (Lipinski definition) is 0. The largest absolute Gasteiger partial charge is 0.416 e. The molecule has 0 aromatic rings. The molecule has 0 bridgehead atoms. The Labute approximate surface area is 108 Å². The number of allylic oxidation sites excluding steroid dienone is 7. The lowest BCUT2D eigenvalue weighted by Gasteiger charge is -2.16. The van der Waals surface area contributed by atoms with Crippen molar-refractivity contribution in [2.24, 2.45) is 0 Å². The van der Waals surface area contributed by atoms with E-state index in [1.807, 2.05) is 6.92 Å². The molecule has 0 aliphatic carbocycles. The van der Waals surface area contributed by atoms with Crippen LogP contribution < -0.4 is 0 Å². The van der Waals surface area contributed by atoms with Crippen LogP contribution >= 0.6 is 0 Å². The van der Waals surface area contributed by atoms with E-state index in [2.05, 4.69) is 6.58 Å². The third-order valence-corrected chi connectivity index (χ3v) is 2.64. The van der Waals surface area contributed by atoms with Gasteiger partial charge in [0.2, 0.25) is 0 Å². The Morgan fingerprint density at radius 1 is 1.28 bits per heavy atom. The van der Waals surface area contributed by atoms with E-state index < -0.39 is 11.7 Å². The van der Waals surface area contributed by atoms with Crippen molar-refractivity contribution in [3.05, 3.63) is 47.6 Å². The SMILES string of the molecule is C=C\C=C(C(=C\CCCC)/C(C)=C/C)\C(F)(F)F. The van der Waals surface area contributed by atoms with E-state index in [1.54, 1.807) is 26.0 Å². The van der Waals surface area contributed by atoms with Crippen LogP contribution in [0.3, 0.4) is 0 Å². The van der Waals surface area contributed by atoms with Crippen molar-refractivity contribution in [2.45, 2.75) is 46.2 Å². The van der Waals surface area contributed by atoms with Crippen LogP contribution in [0.2, 0.25) is 0 Å². The summed E-state index contributed by atoms with van der Waals surface area (Å²) >= 11 is 0. The van der Waals surface area contributed by atoms with Gasteiger partial charge in [0.25, 0.3) is 0 Å². The lowest BCUT2D eigenvalue weighted by Crippen LogP contribution is -2.14. The normalized spacial score (nSPS) is 14.9. The van der Waals surface area contributed by atoms with E-state index in [4.69, 9.17) is 0 Å². The summed E-state index contributed by atoms with van der Waals surface area (Å²) in [5.41, 5.74) is 0.277. The minimum absolute atomic E-state index is 0.262. The average molecular weight is 258 g/mol. The van der Waals surface area contributed by atoms with Crippen molar-refractivity contribution in [1.82, 2.24) is 0 Å². The molecular weight excluding hydrogens is 237 g/mol. The lowest BCUT2D eigenvalue weighted by molar-refractivity contribution is -0.0891. The highest BCUT2D eigenvalue weighted by Crippen LogP contribution is 2.35. The molecular formula is C15H21F3. The first-order valence-electron chi connectivity index (χ1n) is 6.12. The van der Waals surface area contributed by atoms with Crippen molar-refractivity contribution < 1.29 is 13.2 Å². The number of rotatable bonds is 6. The second-order valence-electron chi connectivity index (χ2n) is 4.05. The van der Waals surface area contributed by atoms with E-state index in [9.17, 15) is 13.2 Å². The second-order valence-corrected chi connectivity index (χ2v) is 4.05. The Kier molecular flexibility index (Phi) is 7.41. The van der Waals surface area contributed by atoms with E-state index in [0.29, 0.717) is 12.0 Å². The Hall–Kier alpha value is -1.25. The fourth-order valence-corrected chi connectivity index (χ4v) is 1.54. The van der Waals surface area contributed by atoms with Crippen LogP contribution in [0.4, 0.5) is 13.2 Å². The molecule has 0 aliphatic rings. The first-order valence-corrected chi connectivity index (χ1v) is 6.12. The molecule has 0 saturated carbocycles. The molecule has 0 nitrogen and oxygen atoms in total. The number of hydrogen-bond acceptors (Lipinski definition) is 0. The Balaban J connectivity index is 5.47. The minimum Gasteiger partial charge on any atom is -0.166 e. The number of halogens is 3. The summed E-state index contributed by atoms with van der Waals surface area (Å²) in [7, 11) is 0. The van der Waals surface area contributed by atoms with Crippen LogP contribution in [0.5, 0.6) is 0 Å². The van der Waals surface area contributed by atoms with Crippen molar-refractivity contribution in [1.29, 1.82) is 0 Å². The fourth-order valence-electron chi connectivity index (χ4n) is 1.54. The maximum absolute atomic E-state index is 13.0. The van der Waals surface area contributed by atoms with Crippen molar-refractivity contribution in [3.8, 4) is 0 Å². The molecule has 0 saturated heterocycles. The Bertz CT molecular complexity index is 354. The smallest absolute Gasteiger partial charge is 0.166 e. The highest BCUT2D eigenvalue weighted by Gasteiger charge is 2.35. The summed E-state index contributed by atoms with van der Waals surface area (Å²) < 4.78 is 38.9. The monoisotopic (exact) mass is 258 g/mol. The van der Waals surface area contributed by atoms with E-state index in [-0.39, 0.29) is 5.57 Å². The second kappa shape index (κ2) is 7.96. The van der Waals surface area contributed by atoms with Crippen LogP contribution in [0.1, 0.15) is 40.0 Å². The lowest BCUT2D eigenvalue weighted by atomic mass is 9.96. The molecule has 0 fully saturated rings. The zero-order chi connectivity index (χ0) is 14.2. The summed E-state index contributed by atoms with van der Waals surface area (Å²) in [5, 5.41) is 0. The maximum Gasteiger partial charge on any atom is 0.416 e. The molecule has 0 spiro atoms. The molecule has 0 atom stereocenters. The fraction of sp³-hybridized carbons (Fsp3) is 0.467. The first kappa shape index (κ1) is 16.8. The third-order valence-electron chi connectivity index (χ3n) is 2.64. The predicted molar refractivity (Wildman–Crippen MR) is 71.4 cm³/mol. The van der Waals surface area contributed by atoms with Gasteiger partial charge in [-0.3, -0.25) is 0 Å². The van der Waals surface area contributed by atoms with E-state index in [1.165, 1.54) is 6.08 Å². The van der Waals surface area contributed by atoms with Gasteiger partial charge in [-0.1, -0.05) is 44.6 Å². The van der Waals surface area contributed by atoms with Gasteiger partial charge in [-0.25, -0.2) is 0 Å². The van der Waals surface area contributed by atoms with Gasteiger partial charge < -0.3 is 0 Å². The predicted octanol–water partition coefficient (Wildman–Crippen LogP) is 5.74. The molecule has 0 radical (unpaired) electrons. The zero-order valence-corrected chi connectivity index (χ0v) is 11.3. The minimum atomic E-state index is -4.35. The van der Waals surface area contributed by atoms with Crippen molar-refractivity contribution in [2.75, 3.05) is 0 Å². The van der Waals surface area contributed by atoms with Crippen LogP contribution in [0.15, 0.2) is 47.6 Å². The number of alkyl halides is 3. The standard InChI is InChI=1S/C15H21F3/c1-5-8-9-11-13(12(4)7-3)14(10-6-2)15(16,17)18/h6-7,10-11H,2,5,8-9H2,1,3-4H3/b12-7+,13-11-,14-10+. The highest BCUT2D eigenvalue weighted by molar-refractivity contribution is 5.49. The van der Waals surface area contributed by atoms with Gasteiger partial charge in [0.1, 0.15) is 0 Å². The van der Waals surface area contributed by atoms with Gasteiger partial charge in [-0.2, -0.15) is 13.2 Å². The van der Waals surface area contributed by atoms with Gasteiger partial charge >= 0.3 is 6.18 Å². The van der Waals surface area contributed by atoms with Crippen LogP contribution in [-0.4, -0.2) is 6.18 Å². The molecule has 0 heterocycles. The molecule has 0 aromatic heterocycles. The Morgan fingerprint density at radius 2 is 1.89 bits per heavy atom. The van der Waals surface area contributed by atoms with E-state index >= 15 is 0 Å². The maximum atomic E-state index is 13.0. The van der Waals surface area contributed by atoms with Gasteiger partial charge in [0.05, 0.1) is 5.57 Å². The molecule has 3 heteroatoms. The van der Waals surface area contributed by atoms with E-state index in [0.717, 1.165) is 18.9 Å². The topological polar surface area (TPSA) is 0 Å². The first-order chi connectivity index (χ1) is 8.38. The summed E-state index contributed by atoms with van der Waals surface area (Å²) in [6.45, 7) is 8.80. The Morgan fingerprint density at radius 3 is 2.28 bits per heavy atom. The summed E-state index contributed by atoms with van der Waals surface area (Å²) in [5.74, 6) is 0. The highest BCUT2D eigenvalue weighted by atomic mass is 19.4. The third kappa shape index (κ3) is 5.39. The summed E-state index contributed by atoms with van der Waals surface area (Å²) in [6, 6.07) is 0. The van der Waals surface area contributed by atoms with Crippen molar-refractivity contribution >= 4 is 0 Å². The average Bonchev–Trinajstić information content (AvgIpc) is 2.30. The quantitative estimate of drug-likeness (QED) is 0.420. The molecule has 0 unspecified atom stereocenters. The molecule has 0 rings (SSSR count). The molecule has 18 heavy (non-hydrogen) atoms. The van der Waals surface area contributed by atoms with Crippen molar-refractivity contribution in [3.63, 3.8) is 0 Å². The number of unbranched alkanes of at least 4 members (excludes halogenated alkanes) is 2. The molecule has 0 N–H and O–H groups in total. The molecule has 102 valence electrons. The molecule has 0 amide bonds. The van der Waals surface area contributed by atoms with Crippen LogP contribution in [-0.2, 0) is 0 Å². The summed E-state index contributed by atoms with van der Waals surface area (Å²) in [4.78, 5) is 0.